The molecule has 1 saturated heterocycles. The number of alkyl halides is 3. The van der Waals surface area contributed by atoms with Crippen molar-refractivity contribution in [3.8, 4) is 5.75 Å². The summed E-state index contributed by atoms with van der Waals surface area (Å²) in [4.78, 5) is 32.5. The highest BCUT2D eigenvalue weighted by Crippen LogP contribution is 2.47. The highest BCUT2D eigenvalue weighted by molar-refractivity contribution is 6.33. The monoisotopic (exact) mass is 602 g/mol. The highest BCUT2D eigenvalue weighted by Gasteiger charge is 2.53. The van der Waals surface area contributed by atoms with Crippen LogP contribution in [0, 0.1) is 13.8 Å². The topological polar surface area (TPSA) is 79.7 Å². The number of carboxylic acid groups (broad SMARTS) is 1. The molecule has 11 heteroatoms. The second kappa shape index (κ2) is 11.2. The van der Waals surface area contributed by atoms with Crippen LogP contribution in [0.3, 0.4) is 0 Å². The number of rotatable bonds is 5. The Balaban J connectivity index is 1.58. The van der Waals surface area contributed by atoms with Gasteiger partial charge in [-0.05, 0) is 62.2 Å². The van der Waals surface area contributed by atoms with Gasteiger partial charge in [-0.1, -0.05) is 23.7 Å². The minimum Gasteiger partial charge on any atom is -0.449 e. The number of carbonyl (C=O) groups excluding carboxylic acids is 1. The molecule has 0 bridgehead atoms. The van der Waals surface area contributed by atoms with Gasteiger partial charge in [0.1, 0.15) is 17.4 Å². The molecule has 1 N–H and O–H groups in total. The molecular weight excluding hydrogens is 571 g/mol. The van der Waals surface area contributed by atoms with Crippen LogP contribution in [0.1, 0.15) is 63.7 Å². The average Bonchev–Trinajstić information content (AvgIpc) is 3.34. The molecule has 2 aliphatic rings. The molecule has 0 radical (unpaired) electrons. The maximum absolute atomic E-state index is 14.6. The Morgan fingerprint density at radius 1 is 1.05 bits per heavy atom. The van der Waals surface area contributed by atoms with Crippen molar-refractivity contribution in [1.29, 1.82) is 0 Å². The van der Waals surface area contributed by atoms with E-state index < -0.39 is 35.4 Å². The first-order valence-electron chi connectivity index (χ1n) is 13.8. The van der Waals surface area contributed by atoms with Crippen molar-refractivity contribution in [2.45, 2.75) is 57.8 Å². The van der Waals surface area contributed by atoms with Crippen LogP contribution in [-0.4, -0.2) is 52.8 Å². The number of benzene rings is 2. The summed E-state index contributed by atoms with van der Waals surface area (Å²) in [5.41, 5.74) is 2.81. The number of pyridine rings is 1. The number of fused-ring (bicyclic) bond motifs is 1. The van der Waals surface area contributed by atoms with Crippen LogP contribution in [0.4, 0.5) is 23.7 Å². The molecule has 222 valence electrons. The van der Waals surface area contributed by atoms with Gasteiger partial charge in [0.05, 0.1) is 23.7 Å². The largest absolute Gasteiger partial charge is 0.511 e. The number of carbonyl (C=O) groups is 2. The molecule has 0 spiro atoms. The number of amides is 1. The molecule has 1 aliphatic heterocycles. The summed E-state index contributed by atoms with van der Waals surface area (Å²) in [6.45, 7) is 5.06. The number of halogens is 4. The second-order valence-corrected chi connectivity index (χ2v) is 11.6. The number of piperidine rings is 1. The molecule has 1 aromatic heterocycles. The van der Waals surface area contributed by atoms with Gasteiger partial charge < -0.3 is 14.7 Å². The third-order valence-corrected chi connectivity index (χ3v) is 8.96. The van der Waals surface area contributed by atoms with E-state index in [0.29, 0.717) is 44.3 Å². The number of nitrogens with zero attached hydrogens (tertiary/aromatic N) is 3. The van der Waals surface area contributed by atoms with Crippen LogP contribution < -0.4 is 9.64 Å². The smallest absolute Gasteiger partial charge is 0.449 e. The number of aryl methyl sites for hydroxylation is 3. The van der Waals surface area contributed by atoms with E-state index in [1.165, 1.54) is 12.1 Å². The van der Waals surface area contributed by atoms with E-state index >= 15 is 0 Å². The van der Waals surface area contributed by atoms with E-state index in [1.807, 2.05) is 26.0 Å². The van der Waals surface area contributed by atoms with Crippen LogP contribution in [0.5, 0.6) is 5.75 Å². The molecule has 2 atom stereocenters. The second-order valence-electron chi connectivity index (χ2n) is 11.2. The lowest BCUT2D eigenvalue weighted by atomic mass is 9.92. The molecule has 7 nitrogen and oxygen atoms in total. The zero-order chi connectivity index (χ0) is 30.4. The molecule has 2 aromatic carbocycles. The number of hydrogen-bond donors (Lipinski definition) is 1. The van der Waals surface area contributed by atoms with Crippen molar-refractivity contribution < 1.29 is 37.1 Å². The summed E-state index contributed by atoms with van der Waals surface area (Å²) in [5, 5.41) is 8.91. The molecular formula is C31H32ClF3N3O4+. The van der Waals surface area contributed by atoms with Gasteiger partial charge in [-0.3, -0.25) is 4.98 Å². The van der Waals surface area contributed by atoms with Gasteiger partial charge in [0.15, 0.2) is 0 Å². The van der Waals surface area contributed by atoms with Crippen LogP contribution in [-0.2, 0) is 12.6 Å². The molecule has 2 heterocycles. The Labute approximate surface area is 247 Å². The summed E-state index contributed by atoms with van der Waals surface area (Å²) in [7, 11) is 1.71. The fraction of sp³-hybridized carbons (Fsp3) is 0.387. The Kier molecular flexibility index (Phi) is 7.98. The molecule has 42 heavy (non-hydrogen) atoms. The minimum atomic E-state index is -4.78. The Bertz CT molecular complexity index is 1520. The van der Waals surface area contributed by atoms with Gasteiger partial charge in [0, 0.05) is 55.0 Å². The zero-order valence-corrected chi connectivity index (χ0v) is 24.3. The van der Waals surface area contributed by atoms with Crippen LogP contribution >= 0.6 is 11.6 Å². The average molecular weight is 603 g/mol. The molecule has 1 fully saturated rings. The summed E-state index contributed by atoms with van der Waals surface area (Å²) in [6.07, 6.45) is -4.06. The number of ether oxygens (including phenoxy) is 1. The number of quaternary nitrogens is 1. The number of aromatic nitrogens is 1. The molecule has 0 saturated carbocycles. The Morgan fingerprint density at radius 3 is 2.33 bits per heavy atom. The van der Waals surface area contributed by atoms with Crippen molar-refractivity contribution in [2.75, 3.05) is 25.0 Å². The predicted molar refractivity (Wildman–Crippen MR) is 152 cm³/mol. The van der Waals surface area contributed by atoms with Gasteiger partial charge in [0.25, 0.3) is 0 Å². The van der Waals surface area contributed by atoms with Crippen molar-refractivity contribution in [2.24, 2.45) is 0 Å². The van der Waals surface area contributed by atoms with Gasteiger partial charge in [-0.15, -0.1) is 0 Å². The van der Waals surface area contributed by atoms with Crippen molar-refractivity contribution >= 4 is 29.4 Å². The van der Waals surface area contributed by atoms with Gasteiger partial charge in [-0.2, -0.15) is 13.2 Å². The van der Waals surface area contributed by atoms with E-state index in [0.717, 1.165) is 28.7 Å². The fourth-order valence-corrected chi connectivity index (χ4v) is 6.97. The van der Waals surface area contributed by atoms with Crippen molar-refractivity contribution in [3.05, 3.63) is 87.2 Å². The summed E-state index contributed by atoms with van der Waals surface area (Å²) >= 11 is 6.37. The molecule has 2 unspecified atom stereocenters. The van der Waals surface area contributed by atoms with E-state index in [-0.39, 0.29) is 21.3 Å². The van der Waals surface area contributed by atoms with Gasteiger partial charge >= 0.3 is 18.2 Å². The minimum absolute atomic E-state index is 0.0964. The molecule has 3 aromatic rings. The third kappa shape index (κ3) is 5.57. The van der Waals surface area contributed by atoms with Crippen LogP contribution in [0.15, 0.2) is 48.5 Å². The Morgan fingerprint density at radius 2 is 1.71 bits per heavy atom. The lowest BCUT2D eigenvalue weighted by molar-refractivity contribution is -0.887. The zero-order valence-electron chi connectivity index (χ0n) is 23.5. The maximum Gasteiger partial charge on any atom is 0.511 e. The highest BCUT2D eigenvalue weighted by atomic mass is 35.5. The first kappa shape index (κ1) is 29.8. The quantitative estimate of drug-likeness (QED) is 0.187. The Hall–Kier alpha value is -3.63. The lowest BCUT2D eigenvalue weighted by Crippen LogP contribution is -2.61. The van der Waals surface area contributed by atoms with Gasteiger partial charge in [0.2, 0.25) is 0 Å². The normalized spacial score (nSPS) is 18.8. The standard InChI is InChI=1S/C31H31ClF3N3O4/c1-18-15-21(16-19(2)36-18)37-13-11-22(12-14-37)38(3,29(39)28-25(31(33,34)35)5-4-6-26(28)32)27-10-8-20-7-9-23(17-24(20)27)42-30(40)41/h4-7,9,15-17,22,27H,8,10-14H2,1-3H3/p+1. The van der Waals surface area contributed by atoms with E-state index in [4.69, 9.17) is 21.4 Å². The summed E-state index contributed by atoms with van der Waals surface area (Å²) < 4.78 is 47.2. The molecule has 5 rings (SSSR count). The number of anilines is 1. The van der Waals surface area contributed by atoms with Crippen LogP contribution in [0.2, 0.25) is 5.02 Å². The summed E-state index contributed by atoms with van der Waals surface area (Å²) in [6, 6.07) is 11.5. The van der Waals surface area contributed by atoms with E-state index in [2.05, 4.69) is 9.88 Å². The van der Waals surface area contributed by atoms with Crippen LogP contribution in [0.25, 0.3) is 0 Å². The predicted octanol–water partition coefficient (Wildman–Crippen LogP) is 7.37. The molecule has 1 amide bonds. The fourth-order valence-electron chi connectivity index (χ4n) is 6.72. The first-order valence-corrected chi connectivity index (χ1v) is 14.2. The third-order valence-electron chi connectivity index (χ3n) is 8.64. The van der Waals surface area contributed by atoms with Gasteiger partial charge in [-0.25, -0.2) is 14.1 Å². The van der Waals surface area contributed by atoms with E-state index in [9.17, 15) is 22.8 Å². The molecule has 1 aliphatic carbocycles. The maximum atomic E-state index is 14.6. The lowest BCUT2D eigenvalue weighted by Gasteiger charge is -2.47. The van der Waals surface area contributed by atoms with Crippen molar-refractivity contribution in [1.82, 2.24) is 4.98 Å². The number of hydrogen-bond acceptors (Lipinski definition) is 5. The van der Waals surface area contributed by atoms with Crippen molar-refractivity contribution in [3.63, 3.8) is 0 Å². The first-order chi connectivity index (χ1) is 19.8. The SMILES string of the molecule is Cc1cc(N2CCC([N+](C)(C(=O)c3c(Cl)cccc3C(F)(F)F)C3CCc4ccc(OC(=O)O)cc43)CC2)cc(C)n1. The summed E-state index contributed by atoms with van der Waals surface area (Å²) in [5.74, 6) is -0.608. The van der Waals surface area contributed by atoms with E-state index in [1.54, 1.807) is 25.2 Å².